The van der Waals surface area contributed by atoms with Crippen molar-refractivity contribution in [2.75, 3.05) is 46.9 Å². The Bertz CT molecular complexity index is 743. The summed E-state index contributed by atoms with van der Waals surface area (Å²) in [5.41, 5.74) is 0.870. The molecular weight excluding hydrogens is 369 g/mol. The number of ether oxygens (including phenoxy) is 1. The lowest BCUT2D eigenvalue weighted by molar-refractivity contribution is -0.135. The van der Waals surface area contributed by atoms with Crippen molar-refractivity contribution in [3.05, 3.63) is 35.6 Å². The van der Waals surface area contributed by atoms with Crippen LogP contribution in [0.4, 0.5) is 4.39 Å². The van der Waals surface area contributed by atoms with E-state index in [9.17, 15) is 9.50 Å². The molecule has 0 radical (unpaired) electrons. The van der Waals surface area contributed by atoms with Crippen molar-refractivity contribution in [1.29, 1.82) is 0 Å². The third-order valence-corrected chi connectivity index (χ3v) is 7.86. The van der Waals surface area contributed by atoms with Crippen LogP contribution in [0, 0.1) is 17.7 Å². The lowest BCUT2D eigenvalue weighted by atomic mass is 9.58. The van der Waals surface area contributed by atoms with Gasteiger partial charge in [-0.2, -0.15) is 0 Å². The van der Waals surface area contributed by atoms with Gasteiger partial charge in [0.05, 0.1) is 13.2 Å². The second-order valence-electron chi connectivity index (χ2n) is 10.1. The number of rotatable bonds is 7. The van der Waals surface area contributed by atoms with Crippen LogP contribution in [0.1, 0.15) is 37.7 Å². The second kappa shape index (κ2) is 7.27. The molecule has 2 aliphatic carbocycles. The molecule has 2 saturated carbocycles. The average molecular weight is 404 g/mol. The molecule has 0 aromatic heterocycles. The molecule has 4 fully saturated rings. The normalized spacial score (nSPS) is 36.0. The zero-order valence-corrected chi connectivity index (χ0v) is 17.7. The summed E-state index contributed by atoms with van der Waals surface area (Å²) in [6.45, 7) is 4.54. The smallest absolute Gasteiger partial charge is 0.166 e. The summed E-state index contributed by atoms with van der Waals surface area (Å²) in [4.78, 5) is 6.90. The summed E-state index contributed by atoms with van der Waals surface area (Å²) >= 11 is 0. The zero-order chi connectivity index (χ0) is 20.2. The third-order valence-electron chi connectivity index (χ3n) is 7.86. The molecule has 2 aliphatic heterocycles. The molecular formula is C23H34FN3O2. The van der Waals surface area contributed by atoms with Gasteiger partial charge in [-0.15, -0.1) is 0 Å². The van der Waals surface area contributed by atoms with Crippen LogP contribution in [0.3, 0.4) is 0 Å². The molecule has 6 heteroatoms. The maximum atomic E-state index is 14.0. The van der Waals surface area contributed by atoms with Crippen molar-refractivity contribution in [3.8, 4) is 0 Å². The molecule has 1 aromatic rings. The molecule has 1 aromatic carbocycles. The van der Waals surface area contributed by atoms with Crippen LogP contribution in [-0.4, -0.2) is 78.6 Å². The zero-order valence-electron chi connectivity index (χ0n) is 17.7. The van der Waals surface area contributed by atoms with Gasteiger partial charge in [0, 0.05) is 36.6 Å². The van der Waals surface area contributed by atoms with Crippen molar-refractivity contribution in [2.24, 2.45) is 11.8 Å². The summed E-state index contributed by atoms with van der Waals surface area (Å²) in [7, 11) is 4.20. The molecule has 2 saturated heterocycles. The van der Waals surface area contributed by atoms with E-state index in [2.05, 4.69) is 34.9 Å². The average Bonchev–Trinajstić information content (AvgIpc) is 3.38. The fourth-order valence-electron chi connectivity index (χ4n) is 5.76. The van der Waals surface area contributed by atoms with E-state index in [1.165, 1.54) is 18.9 Å². The first-order chi connectivity index (χ1) is 13.9. The van der Waals surface area contributed by atoms with Crippen molar-refractivity contribution < 1.29 is 14.2 Å². The molecule has 0 amide bonds. The van der Waals surface area contributed by atoms with Gasteiger partial charge in [-0.25, -0.2) is 4.39 Å². The number of aliphatic hydroxyl groups excluding tert-OH is 1. The minimum absolute atomic E-state index is 0.0191. The van der Waals surface area contributed by atoms with E-state index in [1.807, 2.05) is 6.07 Å². The Balaban J connectivity index is 1.37. The quantitative estimate of drug-likeness (QED) is 0.757. The highest BCUT2D eigenvalue weighted by molar-refractivity contribution is 5.33. The van der Waals surface area contributed by atoms with Crippen LogP contribution in [0.2, 0.25) is 0 Å². The minimum atomic E-state index is -0.496. The standard InChI is InChI=1S/C23H34FN3O2/c1-25(2)23(19-4-3-5-20(24)10-19)14-22(15-23)16-26(9-8-18-12-29-13-18)21(28)27(22)11-17-6-7-17/h3-5,10,17-18,21,28H,6-9,11-16H2,1-2H3/t21?,22-,23+. The van der Waals surface area contributed by atoms with Crippen LogP contribution in [0.25, 0.3) is 0 Å². The summed E-state index contributed by atoms with van der Waals surface area (Å²) < 4.78 is 19.3. The number of halogens is 1. The SMILES string of the molecule is CN(C)[C@]1(c2cccc(F)c2)C[C@@]2(CN(CCC3COC3)C(O)N2CC2CC2)C1. The van der Waals surface area contributed by atoms with Gasteiger partial charge in [-0.1, -0.05) is 12.1 Å². The highest BCUT2D eigenvalue weighted by atomic mass is 19.1. The Labute approximate surface area is 173 Å². The first-order valence-corrected chi connectivity index (χ1v) is 11.1. The van der Waals surface area contributed by atoms with Gasteiger partial charge in [0.2, 0.25) is 0 Å². The van der Waals surface area contributed by atoms with Gasteiger partial charge >= 0.3 is 0 Å². The molecule has 4 aliphatic rings. The first kappa shape index (κ1) is 19.9. The number of aliphatic hydroxyl groups is 1. The number of nitrogens with zero attached hydrogens (tertiary/aromatic N) is 3. The summed E-state index contributed by atoms with van der Waals surface area (Å²) in [6, 6.07) is 7.09. The van der Waals surface area contributed by atoms with E-state index in [-0.39, 0.29) is 16.9 Å². The van der Waals surface area contributed by atoms with E-state index >= 15 is 0 Å². The lowest BCUT2D eigenvalue weighted by Crippen LogP contribution is -2.68. The Kier molecular flexibility index (Phi) is 4.99. The van der Waals surface area contributed by atoms with Crippen LogP contribution in [0.15, 0.2) is 24.3 Å². The van der Waals surface area contributed by atoms with Gasteiger partial charge < -0.3 is 9.84 Å². The van der Waals surface area contributed by atoms with E-state index in [0.29, 0.717) is 5.92 Å². The second-order valence-corrected chi connectivity index (χ2v) is 10.1. The van der Waals surface area contributed by atoms with Crippen LogP contribution < -0.4 is 0 Å². The predicted molar refractivity (Wildman–Crippen MR) is 110 cm³/mol. The largest absolute Gasteiger partial charge is 0.381 e. The lowest BCUT2D eigenvalue weighted by Gasteiger charge is -2.61. The van der Waals surface area contributed by atoms with E-state index in [1.54, 1.807) is 6.07 Å². The first-order valence-electron chi connectivity index (χ1n) is 11.1. The highest BCUT2D eigenvalue weighted by Crippen LogP contribution is 2.58. The fourth-order valence-corrected chi connectivity index (χ4v) is 5.76. The summed E-state index contributed by atoms with van der Waals surface area (Å²) in [5, 5.41) is 11.2. The number of hydrogen-bond acceptors (Lipinski definition) is 5. The molecule has 1 N–H and O–H groups in total. The number of hydrogen-bond donors (Lipinski definition) is 1. The Hall–Kier alpha value is -1.05. The van der Waals surface area contributed by atoms with Crippen molar-refractivity contribution in [1.82, 2.24) is 14.7 Å². The molecule has 5 nitrogen and oxygen atoms in total. The van der Waals surface area contributed by atoms with Gasteiger partial charge in [0.15, 0.2) is 6.35 Å². The molecule has 1 unspecified atom stereocenters. The Morgan fingerprint density at radius 2 is 1.97 bits per heavy atom. The van der Waals surface area contributed by atoms with Gasteiger partial charge in [-0.05, 0) is 69.8 Å². The molecule has 0 bridgehead atoms. The fraction of sp³-hybridized carbons (Fsp3) is 0.739. The van der Waals surface area contributed by atoms with Gasteiger partial charge in [-0.3, -0.25) is 14.7 Å². The highest BCUT2D eigenvalue weighted by Gasteiger charge is 2.64. The molecule has 160 valence electrons. The van der Waals surface area contributed by atoms with E-state index in [0.717, 1.165) is 63.6 Å². The van der Waals surface area contributed by atoms with Gasteiger partial charge in [0.1, 0.15) is 5.82 Å². The third kappa shape index (κ3) is 3.43. The molecule has 2 heterocycles. The Morgan fingerprint density at radius 1 is 1.21 bits per heavy atom. The Morgan fingerprint density at radius 3 is 2.55 bits per heavy atom. The van der Waals surface area contributed by atoms with E-state index in [4.69, 9.17) is 4.74 Å². The molecule has 1 spiro atoms. The maximum Gasteiger partial charge on any atom is 0.166 e. The number of benzene rings is 1. The van der Waals surface area contributed by atoms with Crippen molar-refractivity contribution >= 4 is 0 Å². The van der Waals surface area contributed by atoms with E-state index < -0.39 is 6.35 Å². The minimum Gasteiger partial charge on any atom is -0.381 e. The van der Waals surface area contributed by atoms with Crippen LogP contribution in [0.5, 0.6) is 0 Å². The van der Waals surface area contributed by atoms with Gasteiger partial charge in [0.25, 0.3) is 0 Å². The monoisotopic (exact) mass is 403 g/mol. The summed E-state index contributed by atoms with van der Waals surface area (Å²) in [5.74, 6) is 1.20. The topological polar surface area (TPSA) is 39.2 Å². The maximum absolute atomic E-state index is 14.0. The molecule has 29 heavy (non-hydrogen) atoms. The van der Waals surface area contributed by atoms with Crippen molar-refractivity contribution in [2.45, 2.75) is 49.5 Å². The van der Waals surface area contributed by atoms with Crippen LogP contribution in [-0.2, 0) is 10.3 Å². The van der Waals surface area contributed by atoms with Crippen molar-refractivity contribution in [3.63, 3.8) is 0 Å². The molecule has 1 atom stereocenters. The van der Waals surface area contributed by atoms with Crippen LogP contribution >= 0.6 is 0 Å². The predicted octanol–water partition coefficient (Wildman–Crippen LogP) is 2.46. The summed E-state index contributed by atoms with van der Waals surface area (Å²) in [6.07, 6.45) is 5.02. The molecule has 5 rings (SSSR count).